The van der Waals surface area contributed by atoms with E-state index in [2.05, 4.69) is 5.32 Å². The van der Waals surface area contributed by atoms with E-state index >= 15 is 0 Å². The van der Waals surface area contributed by atoms with Gasteiger partial charge < -0.3 is 19.5 Å². The maximum atomic E-state index is 11.7. The highest BCUT2D eigenvalue weighted by Gasteiger charge is 2.21. The van der Waals surface area contributed by atoms with Crippen molar-refractivity contribution in [3.05, 3.63) is 28.3 Å². The van der Waals surface area contributed by atoms with Crippen LogP contribution < -0.4 is 14.8 Å². The van der Waals surface area contributed by atoms with E-state index in [0.29, 0.717) is 18.9 Å². The van der Waals surface area contributed by atoms with Crippen molar-refractivity contribution in [2.75, 3.05) is 27.4 Å². The maximum Gasteiger partial charge on any atom is 0.314 e. The molecule has 116 valence electrons. The van der Waals surface area contributed by atoms with Crippen molar-refractivity contribution >= 4 is 11.6 Å². The van der Waals surface area contributed by atoms with Gasteiger partial charge in [0, 0.05) is 13.7 Å². The number of hydrogen-bond donors (Lipinski definition) is 1. The Morgan fingerprint density at radius 3 is 2.71 bits per heavy atom. The lowest BCUT2D eigenvalue weighted by molar-refractivity contribution is -0.386. The summed E-state index contributed by atoms with van der Waals surface area (Å²) in [6.45, 7) is 2.23. The summed E-state index contributed by atoms with van der Waals surface area (Å²) in [5.74, 6) is -0.0291. The molecule has 0 aliphatic heterocycles. The monoisotopic (exact) mass is 298 g/mol. The molecule has 0 bridgehead atoms. The van der Waals surface area contributed by atoms with Crippen molar-refractivity contribution in [1.82, 2.24) is 5.32 Å². The summed E-state index contributed by atoms with van der Waals surface area (Å²) < 4.78 is 15.1. The largest absolute Gasteiger partial charge is 0.496 e. The number of nitrogens with one attached hydrogen (secondary N) is 1. The normalized spacial score (nSPS) is 11.6. The van der Waals surface area contributed by atoms with Crippen LogP contribution >= 0.6 is 0 Å². The maximum absolute atomic E-state index is 11.7. The molecule has 0 saturated heterocycles. The Kier molecular flexibility index (Phi) is 6.41. The van der Waals surface area contributed by atoms with Crippen LogP contribution in [0.15, 0.2) is 18.2 Å². The molecule has 0 saturated carbocycles. The summed E-state index contributed by atoms with van der Waals surface area (Å²) in [5.41, 5.74) is -0.258. The molecule has 21 heavy (non-hydrogen) atoms. The highest BCUT2D eigenvalue weighted by Crippen LogP contribution is 2.31. The Balaban J connectivity index is 2.77. The highest BCUT2D eigenvalue weighted by atomic mass is 16.6. The number of benzene rings is 1. The lowest BCUT2D eigenvalue weighted by Gasteiger charge is -2.15. The van der Waals surface area contributed by atoms with Crippen molar-refractivity contribution in [2.24, 2.45) is 0 Å². The first-order valence-electron chi connectivity index (χ1n) is 6.25. The molecule has 1 rings (SSSR count). The molecule has 0 spiro atoms. The average molecular weight is 298 g/mol. The van der Waals surface area contributed by atoms with Gasteiger partial charge in [0.15, 0.2) is 11.9 Å². The lowest BCUT2D eigenvalue weighted by atomic mass is 10.2. The molecular weight excluding hydrogens is 280 g/mol. The Hall–Kier alpha value is -2.35. The molecule has 1 N–H and O–H groups in total. The summed E-state index contributed by atoms with van der Waals surface area (Å²) in [5, 5.41) is 13.6. The van der Waals surface area contributed by atoms with Crippen molar-refractivity contribution in [2.45, 2.75) is 13.0 Å². The number of nitrogens with zero attached hydrogens (tertiary/aromatic N) is 1. The van der Waals surface area contributed by atoms with Gasteiger partial charge in [0.05, 0.1) is 24.7 Å². The zero-order valence-corrected chi connectivity index (χ0v) is 12.1. The lowest BCUT2D eigenvalue weighted by Crippen LogP contribution is -2.38. The number of carbonyl (C=O) groups excluding carboxylic acids is 1. The van der Waals surface area contributed by atoms with Crippen molar-refractivity contribution in [3.63, 3.8) is 0 Å². The Morgan fingerprint density at radius 1 is 1.43 bits per heavy atom. The van der Waals surface area contributed by atoms with E-state index in [-0.39, 0.29) is 17.3 Å². The molecule has 8 nitrogen and oxygen atoms in total. The predicted octanol–water partition coefficient (Wildman–Crippen LogP) is 1.13. The van der Waals surface area contributed by atoms with Crippen LogP contribution in [0.4, 0.5) is 5.69 Å². The van der Waals surface area contributed by atoms with E-state index in [1.165, 1.54) is 39.3 Å². The number of ether oxygens (including phenoxy) is 3. The summed E-state index contributed by atoms with van der Waals surface area (Å²) >= 11 is 0. The van der Waals surface area contributed by atoms with Gasteiger partial charge in [0.25, 0.3) is 5.91 Å². The van der Waals surface area contributed by atoms with Gasteiger partial charge in [-0.2, -0.15) is 0 Å². The zero-order valence-electron chi connectivity index (χ0n) is 12.1. The molecule has 0 aromatic heterocycles. The van der Waals surface area contributed by atoms with E-state index in [9.17, 15) is 14.9 Å². The van der Waals surface area contributed by atoms with Gasteiger partial charge in [-0.25, -0.2) is 0 Å². The zero-order chi connectivity index (χ0) is 15.8. The molecule has 0 heterocycles. The molecule has 0 aliphatic carbocycles. The molecule has 1 aromatic rings. The number of carbonyl (C=O) groups is 1. The van der Waals surface area contributed by atoms with Crippen LogP contribution in [-0.2, 0) is 9.53 Å². The minimum Gasteiger partial charge on any atom is -0.496 e. The van der Waals surface area contributed by atoms with Gasteiger partial charge in [-0.05, 0) is 19.1 Å². The van der Waals surface area contributed by atoms with E-state index in [1.54, 1.807) is 0 Å². The molecule has 1 atom stereocenters. The van der Waals surface area contributed by atoms with E-state index in [0.717, 1.165) is 0 Å². The average Bonchev–Trinajstić information content (AvgIpc) is 2.47. The number of hydrogen-bond acceptors (Lipinski definition) is 6. The van der Waals surface area contributed by atoms with Crippen LogP contribution in [0.1, 0.15) is 6.92 Å². The smallest absolute Gasteiger partial charge is 0.314 e. The Bertz CT molecular complexity index is 505. The van der Waals surface area contributed by atoms with Crippen molar-refractivity contribution < 1.29 is 23.9 Å². The molecule has 8 heteroatoms. The standard InChI is InChI=1S/C13H18N2O6/c1-9(13(16)14-6-7-19-2)21-12-5-4-10(20-3)8-11(12)15(17)18/h4-5,8-9H,6-7H2,1-3H3,(H,14,16)/t9-/m1/s1. The van der Waals surface area contributed by atoms with Crippen LogP contribution in [0.3, 0.4) is 0 Å². The molecule has 1 amide bonds. The second-order valence-corrected chi connectivity index (χ2v) is 4.13. The molecule has 0 fully saturated rings. The number of methoxy groups -OCH3 is 2. The first kappa shape index (κ1) is 16.7. The van der Waals surface area contributed by atoms with E-state index < -0.39 is 11.0 Å². The highest BCUT2D eigenvalue weighted by molar-refractivity contribution is 5.80. The van der Waals surface area contributed by atoms with E-state index in [4.69, 9.17) is 14.2 Å². The molecule has 1 aromatic carbocycles. The third kappa shape index (κ3) is 4.92. The first-order valence-corrected chi connectivity index (χ1v) is 6.25. The number of nitro groups is 1. The molecular formula is C13H18N2O6. The second-order valence-electron chi connectivity index (χ2n) is 4.13. The fourth-order valence-electron chi connectivity index (χ4n) is 1.53. The van der Waals surface area contributed by atoms with Crippen LogP contribution in [0.2, 0.25) is 0 Å². The predicted molar refractivity (Wildman–Crippen MR) is 74.6 cm³/mol. The third-order valence-electron chi connectivity index (χ3n) is 2.64. The summed E-state index contributed by atoms with van der Waals surface area (Å²) in [7, 11) is 2.93. The molecule has 0 aliphatic rings. The van der Waals surface area contributed by atoms with Crippen LogP contribution in [0.25, 0.3) is 0 Å². The van der Waals surface area contributed by atoms with Crippen molar-refractivity contribution in [3.8, 4) is 11.5 Å². The van der Waals surface area contributed by atoms with Gasteiger partial charge >= 0.3 is 5.69 Å². The first-order chi connectivity index (χ1) is 9.99. The third-order valence-corrected chi connectivity index (χ3v) is 2.64. The SMILES string of the molecule is COCCNC(=O)[C@@H](C)Oc1ccc(OC)cc1[N+](=O)[O-]. The van der Waals surface area contributed by atoms with Gasteiger partial charge in [0.2, 0.25) is 0 Å². The number of nitro benzene ring substituents is 1. The molecule has 0 radical (unpaired) electrons. The Labute approximate surface area is 122 Å². The second kappa shape index (κ2) is 8.05. The van der Waals surface area contributed by atoms with Crippen LogP contribution in [0.5, 0.6) is 11.5 Å². The van der Waals surface area contributed by atoms with Gasteiger partial charge in [-0.3, -0.25) is 14.9 Å². The van der Waals surface area contributed by atoms with Gasteiger partial charge in [-0.1, -0.05) is 0 Å². The summed E-state index contributed by atoms with van der Waals surface area (Å²) in [4.78, 5) is 22.2. The quantitative estimate of drug-likeness (QED) is 0.439. The minimum atomic E-state index is -0.867. The van der Waals surface area contributed by atoms with Crippen LogP contribution in [0, 0.1) is 10.1 Å². The minimum absolute atomic E-state index is 0.00944. The van der Waals surface area contributed by atoms with Crippen LogP contribution in [-0.4, -0.2) is 44.3 Å². The topological polar surface area (TPSA) is 99.9 Å². The summed E-state index contributed by atoms with van der Waals surface area (Å²) in [6, 6.07) is 4.17. The summed E-state index contributed by atoms with van der Waals surface area (Å²) in [6.07, 6.45) is -0.867. The van der Waals surface area contributed by atoms with Gasteiger partial charge in [-0.15, -0.1) is 0 Å². The van der Waals surface area contributed by atoms with Gasteiger partial charge in [0.1, 0.15) is 5.75 Å². The van der Waals surface area contributed by atoms with Crippen molar-refractivity contribution in [1.29, 1.82) is 0 Å². The fraction of sp³-hybridized carbons (Fsp3) is 0.462. The van der Waals surface area contributed by atoms with E-state index in [1.807, 2.05) is 0 Å². The number of rotatable bonds is 8. The number of amides is 1. The molecule has 0 unspecified atom stereocenters. The Morgan fingerprint density at radius 2 is 2.14 bits per heavy atom. The fourth-order valence-corrected chi connectivity index (χ4v) is 1.53.